The number of likely N-dealkylation sites (tertiary alicyclic amines) is 1. The zero-order valence-corrected chi connectivity index (χ0v) is 14.2. The van der Waals surface area contributed by atoms with Gasteiger partial charge in [0.1, 0.15) is 0 Å². The van der Waals surface area contributed by atoms with Crippen LogP contribution in [0.4, 0.5) is 0 Å². The largest absolute Gasteiger partial charge is 0.481 e. The Hall–Kier alpha value is -2.34. The number of rotatable bonds is 3. The number of carboxylic acids is 1. The van der Waals surface area contributed by atoms with Gasteiger partial charge in [0.15, 0.2) is 5.69 Å². The van der Waals surface area contributed by atoms with Crippen molar-refractivity contribution < 1.29 is 14.7 Å². The molecular weight excluding hydrogens is 330 g/mol. The van der Waals surface area contributed by atoms with Crippen LogP contribution < -0.4 is 0 Å². The number of carbonyl (C=O) groups excluding carboxylic acids is 1. The Bertz CT molecular complexity index is 802. The van der Waals surface area contributed by atoms with Crippen molar-refractivity contribution in [2.24, 2.45) is 5.92 Å². The van der Waals surface area contributed by atoms with Crippen LogP contribution in [-0.2, 0) is 4.79 Å². The molecule has 0 saturated carbocycles. The fourth-order valence-electron chi connectivity index (χ4n) is 3.15. The summed E-state index contributed by atoms with van der Waals surface area (Å²) in [4.78, 5) is 25.5. The molecule has 1 fully saturated rings. The first-order chi connectivity index (χ1) is 11.4. The van der Waals surface area contributed by atoms with Crippen molar-refractivity contribution in [1.82, 2.24) is 14.7 Å². The van der Waals surface area contributed by atoms with Crippen LogP contribution in [0.5, 0.6) is 0 Å². The van der Waals surface area contributed by atoms with E-state index in [-0.39, 0.29) is 11.9 Å². The number of halogens is 1. The SMILES string of the molecule is Cc1cc(C(=O)N2CCC(C(=O)O)C2C)nn1-c1cccc(Cl)c1. The van der Waals surface area contributed by atoms with Gasteiger partial charge >= 0.3 is 5.97 Å². The Morgan fingerprint density at radius 2 is 2.08 bits per heavy atom. The second-order valence-corrected chi connectivity index (χ2v) is 6.47. The van der Waals surface area contributed by atoms with Crippen LogP contribution >= 0.6 is 11.6 Å². The summed E-state index contributed by atoms with van der Waals surface area (Å²) < 4.78 is 1.66. The van der Waals surface area contributed by atoms with E-state index in [4.69, 9.17) is 11.6 Å². The molecule has 1 amide bonds. The normalized spacial score (nSPS) is 20.4. The third-order valence-corrected chi connectivity index (χ3v) is 4.73. The molecule has 2 atom stereocenters. The summed E-state index contributed by atoms with van der Waals surface area (Å²) in [7, 11) is 0. The lowest BCUT2D eigenvalue weighted by Gasteiger charge is -2.22. The molecule has 6 nitrogen and oxygen atoms in total. The average molecular weight is 348 g/mol. The molecule has 0 spiro atoms. The van der Waals surface area contributed by atoms with Crippen LogP contribution in [-0.4, -0.2) is 44.3 Å². The summed E-state index contributed by atoms with van der Waals surface area (Å²) in [6.07, 6.45) is 0.468. The van der Waals surface area contributed by atoms with Crippen LogP contribution in [0.2, 0.25) is 5.02 Å². The van der Waals surface area contributed by atoms with Crippen LogP contribution in [0, 0.1) is 12.8 Å². The molecule has 1 aliphatic heterocycles. The zero-order valence-electron chi connectivity index (χ0n) is 13.4. The molecule has 0 bridgehead atoms. The first-order valence-electron chi connectivity index (χ1n) is 7.75. The highest BCUT2D eigenvalue weighted by Crippen LogP contribution is 2.26. The number of amides is 1. The first kappa shape index (κ1) is 16.5. The minimum absolute atomic E-state index is 0.241. The van der Waals surface area contributed by atoms with E-state index >= 15 is 0 Å². The van der Waals surface area contributed by atoms with Crippen LogP contribution in [0.15, 0.2) is 30.3 Å². The second-order valence-electron chi connectivity index (χ2n) is 6.04. The fourth-order valence-corrected chi connectivity index (χ4v) is 3.34. The predicted octanol–water partition coefficient (Wildman–Crippen LogP) is 2.77. The summed E-state index contributed by atoms with van der Waals surface area (Å²) in [6.45, 7) is 4.06. The third-order valence-electron chi connectivity index (χ3n) is 4.49. The van der Waals surface area contributed by atoms with Gasteiger partial charge in [0.2, 0.25) is 0 Å². The second kappa shape index (κ2) is 6.28. The summed E-state index contributed by atoms with van der Waals surface area (Å²) in [6, 6.07) is 8.60. The summed E-state index contributed by atoms with van der Waals surface area (Å²) in [5.41, 5.74) is 1.89. The van der Waals surface area contributed by atoms with E-state index in [1.165, 1.54) is 0 Å². The van der Waals surface area contributed by atoms with Crippen molar-refractivity contribution in [1.29, 1.82) is 0 Å². The van der Waals surface area contributed by atoms with Gasteiger partial charge in [-0.3, -0.25) is 9.59 Å². The molecule has 0 aliphatic carbocycles. The van der Waals surface area contributed by atoms with Crippen molar-refractivity contribution in [3.63, 3.8) is 0 Å². The Balaban J connectivity index is 1.87. The van der Waals surface area contributed by atoms with Crippen molar-refractivity contribution >= 4 is 23.5 Å². The molecule has 0 radical (unpaired) electrons. The van der Waals surface area contributed by atoms with Gasteiger partial charge in [-0.15, -0.1) is 0 Å². The van der Waals surface area contributed by atoms with E-state index in [0.717, 1.165) is 11.4 Å². The molecule has 3 rings (SSSR count). The van der Waals surface area contributed by atoms with Crippen molar-refractivity contribution in [3.05, 3.63) is 46.7 Å². The number of nitrogens with zero attached hydrogens (tertiary/aromatic N) is 3. The number of aliphatic carboxylic acids is 1. The fraction of sp³-hybridized carbons (Fsp3) is 0.353. The van der Waals surface area contributed by atoms with Gasteiger partial charge < -0.3 is 10.0 Å². The Morgan fingerprint density at radius 1 is 1.33 bits per heavy atom. The lowest BCUT2D eigenvalue weighted by atomic mass is 10.0. The molecule has 1 N–H and O–H groups in total. The zero-order chi connectivity index (χ0) is 17.4. The maximum Gasteiger partial charge on any atom is 0.308 e. The molecule has 2 heterocycles. The van der Waals surface area contributed by atoms with E-state index in [1.54, 1.807) is 34.7 Å². The maximum absolute atomic E-state index is 12.7. The molecule has 7 heteroatoms. The quantitative estimate of drug-likeness (QED) is 0.926. The Kier molecular flexibility index (Phi) is 4.32. The van der Waals surface area contributed by atoms with Crippen molar-refractivity contribution in [3.8, 4) is 5.69 Å². The first-order valence-corrected chi connectivity index (χ1v) is 8.12. The molecular formula is C17H18ClN3O3. The van der Waals surface area contributed by atoms with E-state index in [9.17, 15) is 14.7 Å². The molecule has 2 unspecified atom stereocenters. The number of aromatic nitrogens is 2. The lowest BCUT2D eigenvalue weighted by Crippen LogP contribution is -2.37. The smallest absolute Gasteiger partial charge is 0.308 e. The van der Waals surface area contributed by atoms with Gasteiger partial charge in [-0.1, -0.05) is 17.7 Å². The molecule has 1 saturated heterocycles. The van der Waals surface area contributed by atoms with Gasteiger partial charge in [-0.05, 0) is 44.5 Å². The van der Waals surface area contributed by atoms with Gasteiger partial charge in [-0.25, -0.2) is 4.68 Å². The maximum atomic E-state index is 12.7. The van der Waals surface area contributed by atoms with Gasteiger partial charge in [0, 0.05) is 23.3 Å². The van der Waals surface area contributed by atoms with E-state index in [1.807, 2.05) is 19.1 Å². The number of carbonyl (C=O) groups is 2. The minimum atomic E-state index is -0.863. The van der Waals surface area contributed by atoms with Gasteiger partial charge in [0.25, 0.3) is 5.91 Å². The number of hydrogen-bond acceptors (Lipinski definition) is 3. The molecule has 24 heavy (non-hydrogen) atoms. The number of hydrogen-bond donors (Lipinski definition) is 1. The highest BCUT2D eigenvalue weighted by molar-refractivity contribution is 6.30. The molecule has 126 valence electrons. The minimum Gasteiger partial charge on any atom is -0.481 e. The summed E-state index contributed by atoms with van der Waals surface area (Å²) >= 11 is 6.01. The van der Waals surface area contributed by atoms with E-state index in [2.05, 4.69) is 5.10 Å². The van der Waals surface area contributed by atoms with Crippen molar-refractivity contribution in [2.45, 2.75) is 26.3 Å². The van der Waals surface area contributed by atoms with E-state index < -0.39 is 11.9 Å². The van der Waals surface area contributed by atoms with Gasteiger partial charge in [0.05, 0.1) is 11.6 Å². The Morgan fingerprint density at radius 3 is 2.71 bits per heavy atom. The number of carboxylic acid groups (broad SMARTS) is 1. The lowest BCUT2D eigenvalue weighted by molar-refractivity contribution is -0.142. The topological polar surface area (TPSA) is 75.4 Å². The predicted molar refractivity (Wildman–Crippen MR) is 89.6 cm³/mol. The van der Waals surface area contributed by atoms with Crippen molar-refractivity contribution in [2.75, 3.05) is 6.54 Å². The monoisotopic (exact) mass is 347 g/mol. The Labute approximate surface area is 144 Å². The number of aryl methyl sites for hydroxylation is 1. The number of benzene rings is 1. The highest BCUT2D eigenvalue weighted by Gasteiger charge is 2.39. The molecule has 1 aliphatic rings. The van der Waals surface area contributed by atoms with Gasteiger partial charge in [-0.2, -0.15) is 5.10 Å². The summed E-state index contributed by atoms with van der Waals surface area (Å²) in [5, 5.41) is 14.2. The standard InChI is InChI=1S/C17H18ClN3O3/c1-10-8-15(19-21(10)13-5-3-4-12(18)9-13)16(22)20-7-6-14(11(20)2)17(23)24/h3-5,8-9,11,14H,6-7H2,1-2H3,(H,23,24). The molecule has 2 aromatic rings. The third kappa shape index (κ3) is 2.89. The van der Waals surface area contributed by atoms with E-state index in [0.29, 0.717) is 23.7 Å². The molecule has 1 aromatic carbocycles. The molecule has 1 aromatic heterocycles. The van der Waals surface area contributed by atoms with Crippen LogP contribution in [0.3, 0.4) is 0 Å². The average Bonchev–Trinajstić information content (AvgIpc) is 3.10. The van der Waals surface area contributed by atoms with Crippen LogP contribution in [0.25, 0.3) is 5.69 Å². The highest BCUT2D eigenvalue weighted by atomic mass is 35.5. The van der Waals surface area contributed by atoms with Crippen LogP contribution in [0.1, 0.15) is 29.5 Å². The summed E-state index contributed by atoms with van der Waals surface area (Å²) in [5.74, 6) is -1.63.